The summed E-state index contributed by atoms with van der Waals surface area (Å²) in [6, 6.07) is 7.22. The van der Waals surface area contributed by atoms with E-state index in [1.807, 2.05) is 31.2 Å². The van der Waals surface area contributed by atoms with Crippen LogP contribution in [0.2, 0.25) is 0 Å². The first-order chi connectivity index (χ1) is 12.0. The lowest BCUT2D eigenvalue weighted by molar-refractivity contribution is 0.144. The molecule has 8 heteroatoms. The molecule has 0 saturated heterocycles. The number of benzene rings is 1. The predicted molar refractivity (Wildman–Crippen MR) is 93.2 cm³/mol. The zero-order valence-corrected chi connectivity index (χ0v) is 15.1. The molecule has 2 amide bonds. The predicted octanol–water partition coefficient (Wildman–Crippen LogP) is 1.74. The van der Waals surface area contributed by atoms with Crippen LogP contribution in [0.1, 0.15) is 24.4 Å². The minimum atomic E-state index is -0.254. The average Bonchev–Trinajstić information content (AvgIpc) is 3.04. The highest BCUT2D eigenvalue weighted by atomic mass is 16.5. The van der Waals surface area contributed by atoms with Crippen LogP contribution in [0.5, 0.6) is 5.75 Å². The van der Waals surface area contributed by atoms with Gasteiger partial charge in [-0.25, -0.2) is 9.78 Å². The van der Waals surface area contributed by atoms with E-state index in [9.17, 15) is 4.79 Å². The van der Waals surface area contributed by atoms with Crippen molar-refractivity contribution in [3.05, 3.63) is 42.0 Å². The molecule has 0 bridgehead atoms. The van der Waals surface area contributed by atoms with E-state index in [-0.39, 0.29) is 12.1 Å². The van der Waals surface area contributed by atoms with E-state index in [0.717, 1.165) is 11.3 Å². The molecule has 0 aliphatic heterocycles. The van der Waals surface area contributed by atoms with Gasteiger partial charge in [-0.15, -0.1) is 0 Å². The van der Waals surface area contributed by atoms with Gasteiger partial charge in [0, 0.05) is 27.2 Å². The van der Waals surface area contributed by atoms with Gasteiger partial charge in [-0.2, -0.15) is 5.10 Å². The molecule has 1 aromatic heterocycles. The lowest BCUT2D eigenvalue weighted by atomic mass is 10.2. The number of carbonyl (C=O) groups is 1. The van der Waals surface area contributed by atoms with Crippen molar-refractivity contribution >= 4 is 6.03 Å². The van der Waals surface area contributed by atoms with Crippen LogP contribution < -0.4 is 10.1 Å². The van der Waals surface area contributed by atoms with Gasteiger partial charge in [0.05, 0.1) is 19.8 Å². The van der Waals surface area contributed by atoms with Crippen LogP contribution in [0.4, 0.5) is 4.79 Å². The topological polar surface area (TPSA) is 81.5 Å². The van der Waals surface area contributed by atoms with Crippen molar-refractivity contribution in [1.29, 1.82) is 0 Å². The van der Waals surface area contributed by atoms with E-state index in [1.165, 1.54) is 6.33 Å². The third-order valence-electron chi connectivity index (χ3n) is 3.83. The Morgan fingerprint density at radius 2 is 2.20 bits per heavy atom. The Balaban J connectivity index is 2.07. The summed E-state index contributed by atoms with van der Waals surface area (Å²) in [5.41, 5.74) is 0.983. The van der Waals surface area contributed by atoms with Crippen LogP contribution in [-0.4, -0.2) is 53.1 Å². The molecule has 1 N–H and O–H groups in total. The Kier molecular flexibility index (Phi) is 6.76. The highest BCUT2D eigenvalue weighted by Gasteiger charge is 2.19. The van der Waals surface area contributed by atoms with Crippen LogP contribution in [0.15, 0.2) is 30.6 Å². The van der Waals surface area contributed by atoms with Crippen molar-refractivity contribution < 1.29 is 14.3 Å². The van der Waals surface area contributed by atoms with Gasteiger partial charge in [0.1, 0.15) is 17.9 Å². The molecule has 2 rings (SSSR count). The second-order valence-electron chi connectivity index (χ2n) is 5.68. The Hall–Kier alpha value is -2.61. The number of urea groups is 1. The van der Waals surface area contributed by atoms with E-state index in [1.54, 1.807) is 30.8 Å². The molecular weight excluding hydrogens is 322 g/mol. The normalized spacial score (nSPS) is 11.8. The summed E-state index contributed by atoms with van der Waals surface area (Å²) in [6.45, 7) is 3.26. The van der Waals surface area contributed by atoms with E-state index < -0.39 is 0 Å². The molecule has 1 unspecified atom stereocenters. The Bertz CT molecular complexity index is 688. The molecule has 1 atom stereocenters. The molecule has 0 saturated carbocycles. The molecule has 1 heterocycles. The summed E-state index contributed by atoms with van der Waals surface area (Å²) in [5.74, 6) is 1.46. The van der Waals surface area contributed by atoms with Gasteiger partial charge >= 0.3 is 6.03 Å². The van der Waals surface area contributed by atoms with Crippen LogP contribution in [0.3, 0.4) is 0 Å². The van der Waals surface area contributed by atoms with Crippen molar-refractivity contribution in [2.24, 2.45) is 7.05 Å². The fourth-order valence-electron chi connectivity index (χ4n) is 2.48. The van der Waals surface area contributed by atoms with Crippen molar-refractivity contribution in [2.75, 3.05) is 27.4 Å². The summed E-state index contributed by atoms with van der Waals surface area (Å²) in [5, 5.41) is 6.99. The second kappa shape index (κ2) is 9.03. The van der Waals surface area contributed by atoms with E-state index in [4.69, 9.17) is 9.47 Å². The lowest BCUT2D eigenvalue weighted by Gasteiger charge is -2.25. The van der Waals surface area contributed by atoms with Crippen LogP contribution >= 0.6 is 0 Å². The van der Waals surface area contributed by atoms with Gasteiger partial charge in [0.15, 0.2) is 0 Å². The number of aromatic nitrogens is 3. The van der Waals surface area contributed by atoms with Crippen molar-refractivity contribution in [3.63, 3.8) is 0 Å². The Morgan fingerprint density at radius 1 is 1.40 bits per heavy atom. The first-order valence-corrected chi connectivity index (χ1v) is 8.06. The fraction of sp³-hybridized carbons (Fsp3) is 0.471. The molecule has 1 aromatic carbocycles. The molecule has 0 fully saturated rings. The Labute approximate surface area is 147 Å². The number of nitrogens with zero attached hydrogens (tertiary/aromatic N) is 4. The molecule has 0 aliphatic rings. The summed E-state index contributed by atoms with van der Waals surface area (Å²) in [4.78, 5) is 18.6. The maximum atomic E-state index is 12.7. The Morgan fingerprint density at radius 3 is 2.84 bits per heavy atom. The third-order valence-corrected chi connectivity index (χ3v) is 3.83. The average molecular weight is 347 g/mol. The van der Waals surface area contributed by atoms with E-state index in [2.05, 4.69) is 15.4 Å². The number of hydrogen-bond donors (Lipinski definition) is 1. The van der Waals surface area contributed by atoms with Crippen molar-refractivity contribution in [3.8, 4) is 5.75 Å². The molecule has 136 valence electrons. The molecule has 0 radical (unpaired) electrons. The third kappa shape index (κ3) is 5.18. The summed E-state index contributed by atoms with van der Waals surface area (Å²) < 4.78 is 12.0. The van der Waals surface area contributed by atoms with Crippen LogP contribution in [0.25, 0.3) is 0 Å². The zero-order valence-electron chi connectivity index (χ0n) is 15.1. The SMILES string of the molecule is COCCN(Cc1cccc(OC)c1)C(=O)NC(C)c1ncnn1C. The monoisotopic (exact) mass is 347 g/mol. The molecule has 0 spiro atoms. The molecule has 8 nitrogen and oxygen atoms in total. The molecule has 2 aromatic rings. The highest BCUT2D eigenvalue weighted by Crippen LogP contribution is 2.15. The standard InChI is InChI=1S/C17H25N5O3/c1-13(16-18-12-19-21(16)2)20-17(23)22(8-9-24-3)11-14-6-5-7-15(10-14)25-4/h5-7,10,12-13H,8-9,11H2,1-4H3,(H,20,23). The number of ether oxygens (including phenoxy) is 2. The number of carbonyl (C=O) groups excluding carboxylic acids is 1. The van der Waals surface area contributed by atoms with Crippen LogP contribution in [0, 0.1) is 0 Å². The van der Waals surface area contributed by atoms with Crippen molar-refractivity contribution in [2.45, 2.75) is 19.5 Å². The minimum Gasteiger partial charge on any atom is -0.497 e. The number of amides is 2. The summed E-state index contributed by atoms with van der Waals surface area (Å²) in [7, 11) is 5.03. The van der Waals surface area contributed by atoms with E-state index >= 15 is 0 Å². The number of methoxy groups -OCH3 is 2. The van der Waals surface area contributed by atoms with Gasteiger partial charge in [0.25, 0.3) is 0 Å². The van der Waals surface area contributed by atoms with Crippen LogP contribution in [-0.2, 0) is 18.3 Å². The number of nitrogens with one attached hydrogen (secondary N) is 1. The highest BCUT2D eigenvalue weighted by molar-refractivity contribution is 5.74. The minimum absolute atomic E-state index is 0.185. The lowest BCUT2D eigenvalue weighted by Crippen LogP contribution is -2.42. The quantitative estimate of drug-likeness (QED) is 0.787. The first-order valence-electron chi connectivity index (χ1n) is 8.06. The molecular formula is C17H25N5O3. The van der Waals surface area contributed by atoms with Gasteiger partial charge in [-0.3, -0.25) is 4.68 Å². The maximum Gasteiger partial charge on any atom is 0.318 e. The second-order valence-corrected chi connectivity index (χ2v) is 5.68. The van der Waals surface area contributed by atoms with Gasteiger partial charge in [-0.1, -0.05) is 12.1 Å². The van der Waals surface area contributed by atoms with Gasteiger partial charge in [-0.05, 0) is 24.6 Å². The fourth-order valence-corrected chi connectivity index (χ4v) is 2.48. The number of aryl methyl sites for hydroxylation is 1. The van der Waals surface area contributed by atoms with Gasteiger partial charge < -0.3 is 19.7 Å². The summed E-state index contributed by atoms with van der Waals surface area (Å²) in [6.07, 6.45) is 1.47. The smallest absolute Gasteiger partial charge is 0.318 e. The zero-order chi connectivity index (χ0) is 18.2. The molecule has 0 aliphatic carbocycles. The molecule has 25 heavy (non-hydrogen) atoms. The number of hydrogen-bond acceptors (Lipinski definition) is 5. The van der Waals surface area contributed by atoms with E-state index in [0.29, 0.717) is 25.5 Å². The van der Waals surface area contributed by atoms with Gasteiger partial charge in [0.2, 0.25) is 0 Å². The maximum absolute atomic E-state index is 12.7. The summed E-state index contributed by atoms with van der Waals surface area (Å²) >= 11 is 0. The largest absolute Gasteiger partial charge is 0.497 e. The first kappa shape index (κ1) is 18.7. The number of rotatable bonds is 8. The van der Waals surface area contributed by atoms with Crippen molar-refractivity contribution in [1.82, 2.24) is 25.0 Å².